The van der Waals surface area contributed by atoms with Gasteiger partial charge in [0.15, 0.2) is 0 Å². The summed E-state index contributed by atoms with van der Waals surface area (Å²) in [6, 6.07) is 3.59. The topological polar surface area (TPSA) is 80.6 Å². The predicted octanol–water partition coefficient (Wildman–Crippen LogP) is 3.42. The SMILES string of the molecule is CCOC(=O)c1cc(C)n(CC(=O)Nc2cc(Cl)c(O)cc2F)c1C. The summed E-state index contributed by atoms with van der Waals surface area (Å²) in [5.74, 6) is -2.17. The number of hydrogen-bond acceptors (Lipinski definition) is 4. The first-order valence-electron chi connectivity index (χ1n) is 7.56. The third kappa shape index (κ3) is 4.11. The van der Waals surface area contributed by atoms with Gasteiger partial charge in [0.25, 0.3) is 0 Å². The molecule has 2 aromatic rings. The van der Waals surface area contributed by atoms with Crippen LogP contribution < -0.4 is 5.32 Å². The van der Waals surface area contributed by atoms with Gasteiger partial charge in [-0.3, -0.25) is 4.79 Å². The molecular formula is C17H18ClFN2O4. The minimum absolute atomic E-state index is 0.0744. The van der Waals surface area contributed by atoms with Crippen molar-refractivity contribution in [1.29, 1.82) is 0 Å². The number of phenolic OH excluding ortho intramolecular Hbond substituents is 1. The molecule has 0 saturated carbocycles. The Balaban J connectivity index is 2.19. The van der Waals surface area contributed by atoms with E-state index >= 15 is 0 Å². The molecule has 0 radical (unpaired) electrons. The van der Waals surface area contributed by atoms with Gasteiger partial charge in [-0.1, -0.05) is 11.6 Å². The summed E-state index contributed by atoms with van der Waals surface area (Å²) < 4.78 is 20.4. The normalized spacial score (nSPS) is 10.6. The number of aryl methyl sites for hydroxylation is 1. The standard InChI is InChI=1S/C17H18ClFN2O4/c1-4-25-17(24)11-5-9(2)21(10(11)3)8-16(23)20-14-6-12(18)15(22)7-13(14)19/h5-7,22H,4,8H2,1-3H3,(H,20,23). The summed E-state index contributed by atoms with van der Waals surface area (Å²) in [6.07, 6.45) is 0. The van der Waals surface area contributed by atoms with Gasteiger partial charge in [0.2, 0.25) is 5.91 Å². The Morgan fingerprint density at radius 3 is 2.64 bits per heavy atom. The molecule has 8 heteroatoms. The van der Waals surface area contributed by atoms with Crippen molar-refractivity contribution >= 4 is 29.2 Å². The number of ether oxygens (including phenoxy) is 1. The number of hydrogen-bond donors (Lipinski definition) is 2. The summed E-state index contributed by atoms with van der Waals surface area (Å²) in [7, 11) is 0. The van der Waals surface area contributed by atoms with Crippen LogP contribution in [0.4, 0.5) is 10.1 Å². The van der Waals surface area contributed by atoms with Crippen LogP contribution in [0, 0.1) is 19.7 Å². The van der Waals surface area contributed by atoms with E-state index in [0.717, 1.165) is 12.1 Å². The molecule has 0 aliphatic rings. The Morgan fingerprint density at radius 2 is 2.00 bits per heavy atom. The zero-order chi connectivity index (χ0) is 18.7. The van der Waals surface area contributed by atoms with Crippen LogP contribution in [-0.4, -0.2) is 28.2 Å². The average Bonchev–Trinajstić information content (AvgIpc) is 2.81. The molecule has 0 atom stereocenters. The van der Waals surface area contributed by atoms with Crippen LogP contribution in [0.15, 0.2) is 18.2 Å². The van der Waals surface area contributed by atoms with Crippen LogP contribution in [0.25, 0.3) is 0 Å². The lowest BCUT2D eigenvalue weighted by molar-refractivity contribution is -0.116. The largest absolute Gasteiger partial charge is 0.506 e. The van der Waals surface area contributed by atoms with Gasteiger partial charge in [-0.05, 0) is 32.9 Å². The highest BCUT2D eigenvalue weighted by atomic mass is 35.5. The molecule has 2 rings (SSSR count). The van der Waals surface area contributed by atoms with Crippen LogP contribution in [0.5, 0.6) is 5.75 Å². The Kier molecular flexibility index (Phi) is 5.69. The number of nitrogens with zero attached hydrogens (tertiary/aromatic N) is 1. The van der Waals surface area contributed by atoms with E-state index in [1.807, 2.05) is 0 Å². The fraction of sp³-hybridized carbons (Fsp3) is 0.294. The number of halogens is 2. The minimum atomic E-state index is -0.802. The molecule has 134 valence electrons. The second kappa shape index (κ2) is 7.57. The fourth-order valence-electron chi connectivity index (χ4n) is 2.43. The molecule has 0 bridgehead atoms. The smallest absolute Gasteiger partial charge is 0.339 e. The van der Waals surface area contributed by atoms with Gasteiger partial charge in [-0.25, -0.2) is 9.18 Å². The van der Waals surface area contributed by atoms with Crippen molar-refractivity contribution in [3.05, 3.63) is 46.0 Å². The average molecular weight is 369 g/mol. The number of amides is 1. The summed E-state index contributed by atoms with van der Waals surface area (Å²) in [4.78, 5) is 24.1. The van der Waals surface area contributed by atoms with Gasteiger partial charge < -0.3 is 19.7 Å². The van der Waals surface area contributed by atoms with E-state index in [-0.39, 0.29) is 23.9 Å². The van der Waals surface area contributed by atoms with Crippen molar-refractivity contribution in [3.8, 4) is 5.75 Å². The van der Waals surface area contributed by atoms with Crippen molar-refractivity contribution in [2.24, 2.45) is 0 Å². The first kappa shape index (κ1) is 18.8. The molecule has 1 aromatic heterocycles. The van der Waals surface area contributed by atoms with E-state index in [9.17, 15) is 19.1 Å². The van der Waals surface area contributed by atoms with Crippen molar-refractivity contribution in [2.75, 3.05) is 11.9 Å². The fourth-order valence-corrected chi connectivity index (χ4v) is 2.59. The molecule has 1 heterocycles. The quantitative estimate of drug-likeness (QED) is 0.626. The zero-order valence-electron chi connectivity index (χ0n) is 14.0. The number of rotatable bonds is 5. The number of carbonyl (C=O) groups is 2. The van der Waals surface area contributed by atoms with Gasteiger partial charge >= 0.3 is 5.97 Å². The van der Waals surface area contributed by atoms with E-state index in [0.29, 0.717) is 17.0 Å². The van der Waals surface area contributed by atoms with Gasteiger partial charge in [-0.2, -0.15) is 0 Å². The molecule has 1 aromatic carbocycles. The van der Waals surface area contributed by atoms with Crippen LogP contribution in [0.2, 0.25) is 5.02 Å². The molecular weight excluding hydrogens is 351 g/mol. The molecule has 0 fully saturated rings. The zero-order valence-corrected chi connectivity index (χ0v) is 14.8. The summed E-state index contributed by atoms with van der Waals surface area (Å²) in [5, 5.41) is 11.7. The molecule has 2 N–H and O–H groups in total. The molecule has 0 aliphatic carbocycles. The van der Waals surface area contributed by atoms with Gasteiger partial charge in [-0.15, -0.1) is 0 Å². The first-order valence-corrected chi connectivity index (χ1v) is 7.94. The Hall–Kier alpha value is -2.54. The highest BCUT2D eigenvalue weighted by Gasteiger charge is 2.19. The molecule has 1 amide bonds. The molecule has 0 unspecified atom stereocenters. The van der Waals surface area contributed by atoms with E-state index in [1.54, 1.807) is 31.4 Å². The second-order valence-corrected chi connectivity index (χ2v) is 5.83. The molecule has 0 saturated heterocycles. The van der Waals surface area contributed by atoms with Crippen LogP contribution in [-0.2, 0) is 16.1 Å². The number of phenols is 1. The lowest BCUT2D eigenvalue weighted by Crippen LogP contribution is -2.21. The van der Waals surface area contributed by atoms with Crippen LogP contribution >= 0.6 is 11.6 Å². The van der Waals surface area contributed by atoms with Crippen molar-refractivity contribution in [3.63, 3.8) is 0 Å². The second-order valence-electron chi connectivity index (χ2n) is 5.42. The Bertz CT molecular complexity index is 833. The highest BCUT2D eigenvalue weighted by molar-refractivity contribution is 6.32. The number of aromatic hydroxyl groups is 1. The van der Waals surface area contributed by atoms with E-state index in [2.05, 4.69) is 5.32 Å². The maximum absolute atomic E-state index is 13.8. The number of carbonyl (C=O) groups excluding carboxylic acids is 2. The number of nitrogens with one attached hydrogen (secondary N) is 1. The lowest BCUT2D eigenvalue weighted by Gasteiger charge is -2.11. The maximum atomic E-state index is 13.8. The maximum Gasteiger partial charge on any atom is 0.339 e. The Labute approximate surface area is 149 Å². The van der Waals surface area contributed by atoms with Gasteiger partial charge in [0.1, 0.15) is 18.1 Å². The number of esters is 1. The molecule has 6 nitrogen and oxygen atoms in total. The third-order valence-corrected chi connectivity index (χ3v) is 3.98. The van der Waals surface area contributed by atoms with Crippen molar-refractivity contribution in [1.82, 2.24) is 4.57 Å². The number of anilines is 1. The Morgan fingerprint density at radius 1 is 1.32 bits per heavy atom. The van der Waals surface area contributed by atoms with Crippen molar-refractivity contribution in [2.45, 2.75) is 27.3 Å². The molecule has 25 heavy (non-hydrogen) atoms. The summed E-state index contributed by atoms with van der Waals surface area (Å²) in [5.41, 5.74) is 1.52. The van der Waals surface area contributed by atoms with E-state index in [1.165, 1.54) is 0 Å². The van der Waals surface area contributed by atoms with Crippen LogP contribution in [0.3, 0.4) is 0 Å². The van der Waals surface area contributed by atoms with E-state index < -0.39 is 23.4 Å². The van der Waals surface area contributed by atoms with Gasteiger partial charge in [0, 0.05) is 17.5 Å². The van der Waals surface area contributed by atoms with Crippen LogP contribution in [0.1, 0.15) is 28.7 Å². The van der Waals surface area contributed by atoms with Crippen molar-refractivity contribution < 1.29 is 23.8 Å². The minimum Gasteiger partial charge on any atom is -0.506 e. The third-order valence-electron chi connectivity index (χ3n) is 3.68. The van der Waals surface area contributed by atoms with Gasteiger partial charge in [0.05, 0.1) is 22.9 Å². The number of benzene rings is 1. The summed E-state index contributed by atoms with van der Waals surface area (Å²) >= 11 is 5.72. The summed E-state index contributed by atoms with van der Waals surface area (Å²) in [6.45, 7) is 5.30. The first-order chi connectivity index (χ1) is 11.7. The number of aromatic nitrogens is 1. The highest BCUT2D eigenvalue weighted by Crippen LogP contribution is 2.29. The molecule has 0 aliphatic heterocycles. The molecule has 0 spiro atoms. The monoisotopic (exact) mass is 368 g/mol. The predicted molar refractivity (Wildman–Crippen MR) is 91.6 cm³/mol. The van der Waals surface area contributed by atoms with E-state index in [4.69, 9.17) is 16.3 Å². The lowest BCUT2D eigenvalue weighted by atomic mass is 10.2.